The minimum atomic E-state index is -0.343. The molecule has 1 amide bonds. The van der Waals surface area contributed by atoms with Crippen LogP contribution in [0.1, 0.15) is 16.0 Å². The van der Waals surface area contributed by atoms with E-state index in [1.54, 1.807) is 6.08 Å². The van der Waals surface area contributed by atoms with Gasteiger partial charge < -0.3 is 5.32 Å². The van der Waals surface area contributed by atoms with Gasteiger partial charge in [-0.15, -0.1) is 11.3 Å². The lowest BCUT2D eigenvalue weighted by molar-refractivity contribution is -0.117. The Labute approximate surface area is 122 Å². The molecule has 1 aromatic carbocycles. The second-order valence-electron chi connectivity index (χ2n) is 4.31. The first-order valence-corrected chi connectivity index (χ1v) is 7.06. The van der Waals surface area contributed by atoms with Gasteiger partial charge >= 0.3 is 0 Å². The highest BCUT2D eigenvalue weighted by Gasteiger charge is 2.09. The maximum Gasteiger partial charge on any atom is 0.262 e. The molecule has 0 radical (unpaired) electrons. The second kappa shape index (κ2) is 6.69. The summed E-state index contributed by atoms with van der Waals surface area (Å²) in [4.78, 5) is 12.9. The molecule has 0 aliphatic heterocycles. The molecule has 2 rings (SSSR count). The molecule has 0 unspecified atom stereocenters. The van der Waals surface area contributed by atoms with E-state index in [9.17, 15) is 4.79 Å². The van der Waals surface area contributed by atoms with E-state index in [4.69, 9.17) is 5.26 Å². The van der Waals surface area contributed by atoms with Crippen LogP contribution in [0.15, 0.2) is 47.4 Å². The number of thiophene rings is 1. The van der Waals surface area contributed by atoms with Crippen LogP contribution in [0.25, 0.3) is 6.08 Å². The fraction of sp³-hybridized carbons (Fsp3) is 0.125. The number of aryl methyl sites for hydroxylation is 1. The fourth-order valence-electron chi connectivity index (χ4n) is 1.69. The Balaban J connectivity index is 2.05. The lowest BCUT2D eigenvalue weighted by Gasteiger charge is -2.04. The van der Waals surface area contributed by atoms with Crippen LogP contribution in [0.3, 0.4) is 0 Å². The van der Waals surface area contributed by atoms with Crippen LogP contribution in [0.5, 0.6) is 0 Å². The Morgan fingerprint density at radius 1 is 1.35 bits per heavy atom. The van der Waals surface area contributed by atoms with Crippen molar-refractivity contribution in [2.45, 2.75) is 13.5 Å². The van der Waals surface area contributed by atoms with E-state index < -0.39 is 0 Å². The van der Waals surface area contributed by atoms with Crippen molar-refractivity contribution in [3.63, 3.8) is 0 Å². The number of hydrogen-bond donors (Lipinski definition) is 1. The van der Waals surface area contributed by atoms with E-state index in [0.717, 1.165) is 16.0 Å². The number of carbonyl (C=O) groups is 1. The molecule has 0 aliphatic rings. The van der Waals surface area contributed by atoms with Gasteiger partial charge in [0.25, 0.3) is 5.91 Å². The summed E-state index contributed by atoms with van der Waals surface area (Å²) in [5.74, 6) is -0.343. The van der Waals surface area contributed by atoms with Gasteiger partial charge in [0.1, 0.15) is 11.6 Å². The summed E-state index contributed by atoms with van der Waals surface area (Å²) < 4.78 is 0. The molecule has 3 nitrogen and oxygen atoms in total. The largest absolute Gasteiger partial charge is 0.347 e. The van der Waals surface area contributed by atoms with Crippen molar-refractivity contribution >= 4 is 23.3 Å². The molecule has 0 atom stereocenters. The predicted octanol–water partition coefficient (Wildman–Crippen LogP) is 3.28. The SMILES string of the molecule is Cc1ccsc1/C=C(/C#N)C(=O)NCc1ccccc1. The van der Waals surface area contributed by atoms with Gasteiger partial charge in [-0.2, -0.15) is 5.26 Å². The molecule has 1 aromatic heterocycles. The van der Waals surface area contributed by atoms with Gasteiger partial charge in [-0.05, 0) is 35.6 Å². The third-order valence-electron chi connectivity index (χ3n) is 2.84. The van der Waals surface area contributed by atoms with Crippen molar-refractivity contribution < 1.29 is 4.79 Å². The average Bonchev–Trinajstić information content (AvgIpc) is 2.88. The summed E-state index contributed by atoms with van der Waals surface area (Å²) in [7, 11) is 0. The van der Waals surface area contributed by atoms with Crippen molar-refractivity contribution in [3.8, 4) is 6.07 Å². The summed E-state index contributed by atoms with van der Waals surface area (Å²) in [6.07, 6.45) is 1.64. The van der Waals surface area contributed by atoms with Gasteiger partial charge in [0.05, 0.1) is 0 Å². The predicted molar refractivity (Wildman–Crippen MR) is 80.9 cm³/mol. The average molecular weight is 282 g/mol. The third kappa shape index (κ3) is 3.56. The van der Waals surface area contributed by atoms with Gasteiger partial charge in [0.2, 0.25) is 0 Å². The number of nitrogens with one attached hydrogen (secondary N) is 1. The Kier molecular flexibility index (Phi) is 4.70. The molecule has 4 heteroatoms. The van der Waals surface area contributed by atoms with Gasteiger partial charge in [-0.3, -0.25) is 4.79 Å². The van der Waals surface area contributed by atoms with E-state index in [0.29, 0.717) is 6.54 Å². The van der Waals surface area contributed by atoms with Crippen LogP contribution >= 0.6 is 11.3 Å². The van der Waals surface area contributed by atoms with Crippen LogP contribution in [-0.4, -0.2) is 5.91 Å². The zero-order chi connectivity index (χ0) is 14.4. The number of carbonyl (C=O) groups excluding carboxylic acids is 1. The summed E-state index contributed by atoms with van der Waals surface area (Å²) in [6, 6.07) is 13.5. The van der Waals surface area contributed by atoms with E-state index >= 15 is 0 Å². The van der Waals surface area contributed by atoms with Crippen molar-refractivity contribution in [1.29, 1.82) is 5.26 Å². The highest BCUT2D eigenvalue weighted by molar-refractivity contribution is 7.11. The highest BCUT2D eigenvalue weighted by Crippen LogP contribution is 2.19. The minimum absolute atomic E-state index is 0.131. The zero-order valence-electron chi connectivity index (χ0n) is 11.1. The monoisotopic (exact) mass is 282 g/mol. The smallest absolute Gasteiger partial charge is 0.262 e. The molecule has 0 fully saturated rings. The molecule has 1 N–H and O–H groups in total. The van der Waals surface area contributed by atoms with Crippen LogP contribution in [0, 0.1) is 18.3 Å². The Bertz CT molecular complexity index is 665. The first-order valence-electron chi connectivity index (χ1n) is 6.18. The minimum Gasteiger partial charge on any atom is -0.347 e. The van der Waals surface area contributed by atoms with Crippen LogP contribution in [0.2, 0.25) is 0 Å². The number of nitrogens with zero attached hydrogens (tertiary/aromatic N) is 1. The Hall–Kier alpha value is -2.38. The summed E-state index contributed by atoms with van der Waals surface area (Å²) in [5.41, 5.74) is 2.20. The second-order valence-corrected chi connectivity index (χ2v) is 5.25. The summed E-state index contributed by atoms with van der Waals surface area (Å²) >= 11 is 1.52. The van der Waals surface area contributed by atoms with E-state index in [-0.39, 0.29) is 11.5 Å². The molecular formula is C16H14N2OS. The quantitative estimate of drug-likeness (QED) is 0.691. The molecule has 0 saturated heterocycles. The normalized spacial score (nSPS) is 10.9. The Morgan fingerprint density at radius 2 is 2.10 bits per heavy atom. The molecule has 20 heavy (non-hydrogen) atoms. The topological polar surface area (TPSA) is 52.9 Å². The molecule has 1 heterocycles. The van der Waals surface area contributed by atoms with Crippen molar-refractivity contribution in [2.24, 2.45) is 0 Å². The van der Waals surface area contributed by atoms with Gasteiger partial charge in [-0.25, -0.2) is 0 Å². The van der Waals surface area contributed by atoms with E-state index in [1.165, 1.54) is 11.3 Å². The molecule has 0 aliphatic carbocycles. The van der Waals surface area contributed by atoms with Crippen molar-refractivity contribution in [1.82, 2.24) is 5.32 Å². The van der Waals surface area contributed by atoms with Crippen LogP contribution in [0.4, 0.5) is 0 Å². The van der Waals surface area contributed by atoms with Crippen molar-refractivity contribution in [3.05, 3.63) is 63.4 Å². The fourth-order valence-corrected chi connectivity index (χ4v) is 2.54. The number of nitriles is 1. The molecule has 0 bridgehead atoms. The lowest BCUT2D eigenvalue weighted by atomic mass is 10.2. The van der Waals surface area contributed by atoms with E-state index in [2.05, 4.69) is 5.32 Å². The number of amides is 1. The lowest BCUT2D eigenvalue weighted by Crippen LogP contribution is -2.23. The number of rotatable bonds is 4. The first kappa shape index (κ1) is 14.0. The third-order valence-corrected chi connectivity index (χ3v) is 3.80. The molecular weight excluding hydrogens is 268 g/mol. The zero-order valence-corrected chi connectivity index (χ0v) is 11.9. The maximum absolute atomic E-state index is 12.0. The Morgan fingerprint density at radius 3 is 2.70 bits per heavy atom. The molecule has 100 valence electrons. The van der Waals surface area contributed by atoms with Gasteiger partial charge in [0, 0.05) is 11.4 Å². The van der Waals surface area contributed by atoms with Crippen LogP contribution < -0.4 is 5.32 Å². The van der Waals surface area contributed by atoms with Gasteiger partial charge in [0.15, 0.2) is 0 Å². The van der Waals surface area contributed by atoms with E-state index in [1.807, 2.05) is 54.8 Å². The molecule has 2 aromatic rings. The standard InChI is InChI=1S/C16H14N2OS/c1-12-7-8-20-15(12)9-14(10-17)16(19)18-11-13-5-3-2-4-6-13/h2-9H,11H2,1H3,(H,18,19)/b14-9-. The summed E-state index contributed by atoms with van der Waals surface area (Å²) in [5, 5.41) is 13.8. The molecule has 0 saturated carbocycles. The van der Waals surface area contributed by atoms with Gasteiger partial charge in [-0.1, -0.05) is 30.3 Å². The molecule has 0 spiro atoms. The maximum atomic E-state index is 12.0. The number of hydrogen-bond acceptors (Lipinski definition) is 3. The van der Waals surface area contributed by atoms with Crippen molar-refractivity contribution in [2.75, 3.05) is 0 Å². The number of benzene rings is 1. The summed E-state index contributed by atoms with van der Waals surface area (Å²) in [6.45, 7) is 2.38. The first-order chi connectivity index (χ1) is 9.70. The van der Waals surface area contributed by atoms with Crippen LogP contribution in [-0.2, 0) is 11.3 Å². The highest BCUT2D eigenvalue weighted by atomic mass is 32.1.